The summed E-state index contributed by atoms with van der Waals surface area (Å²) in [5.74, 6) is 5.26. The Balaban J connectivity index is 1.39. The van der Waals surface area contributed by atoms with Crippen molar-refractivity contribution in [3.05, 3.63) is 76.1 Å². The number of benzene rings is 2. The van der Waals surface area contributed by atoms with E-state index in [2.05, 4.69) is 22.5 Å². The van der Waals surface area contributed by atoms with Crippen molar-refractivity contribution >= 4 is 28.6 Å². The number of hydrogen-bond donors (Lipinski definition) is 2. The van der Waals surface area contributed by atoms with Crippen molar-refractivity contribution in [3.63, 3.8) is 0 Å². The summed E-state index contributed by atoms with van der Waals surface area (Å²) in [6, 6.07) is 15.7. The summed E-state index contributed by atoms with van der Waals surface area (Å²) in [4.78, 5) is 37.6. The molecule has 0 atom stereocenters. The van der Waals surface area contributed by atoms with Gasteiger partial charge < -0.3 is 15.1 Å². The minimum absolute atomic E-state index is 0.0567. The van der Waals surface area contributed by atoms with Crippen LogP contribution in [-0.4, -0.2) is 31.6 Å². The van der Waals surface area contributed by atoms with E-state index < -0.39 is 11.5 Å². The monoisotopic (exact) mass is 387 g/mol. The average molecular weight is 387 g/mol. The molecule has 4 rings (SSSR count). The fourth-order valence-electron chi connectivity index (χ4n) is 3.03. The third-order valence-electron chi connectivity index (χ3n) is 4.49. The van der Waals surface area contributed by atoms with E-state index in [9.17, 15) is 14.4 Å². The van der Waals surface area contributed by atoms with Crippen molar-refractivity contribution in [2.75, 3.05) is 24.5 Å². The molecule has 0 aliphatic carbocycles. The van der Waals surface area contributed by atoms with E-state index in [1.165, 1.54) is 6.07 Å². The van der Waals surface area contributed by atoms with Crippen LogP contribution in [0.4, 0.5) is 10.5 Å². The van der Waals surface area contributed by atoms with Crippen molar-refractivity contribution in [1.29, 1.82) is 0 Å². The zero-order valence-corrected chi connectivity index (χ0v) is 15.4. The Morgan fingerprint density at radius 1 is 1.14 bits per heavy atom. The van der Waals surface area contributed by atoms with E-state index in [4.69, 9.17) is 4.42 Å². The fraction of sp³-hybridized carbons (Fsp3) is 0.136. The quantitative estimate of drug-likeness (QED) is 0.532. The Bertz CT molecular complexity index is 1200. The summed E-state index contributed by atoms with van der Waals surface area (Å²) >= 11 is 0. The summed E-state index contributed by atoms with van der Waals surface area (Å²) in [6.45, 7) is 1.36. The molecular weight excluding hydrogens is 370 g/mol. The zero-order chi connectivity index (χ0) is 20.2. The first-order valence-electron chi connectivity index (χ1n) is 9.07. The summed E-state index contributed by atoms with van der Waals surface area (Å²) < 4.78 is 5.17. The maximum Gasteiger partial charge on any atom is 0.349 e. The van der Waals surface area contributed by atoms with Crippen molar-refractivity contribution in [2.45, 2.75) is 0 Å². The third kappa shape index (κ3) is 3.96. The molecule has 3 amide bonds. The van der Waals surface area contributed by atoms with Gasteiger partial charge in [-0.3, -0.25) is 9.69 Å². The second-order valence-corrected chi connectivity index (χ2v) is 6.40. The number of hydrogen-bond acceptors (Lipinski definition) is 4. The Hall–Kier alpha value is -4.05. The molecule has 2 aromatic carbocycles. The molecule has 144 valence electrons. The van der Waals surface area contributed by atoms with Gasteiger partial charge in [0.25, 0.3) is 5.91 Å². The first kappa shape index (κ1) is 18.3. The molecule has 0 saturated carbocycles. The maximum atomic E-state index is 12.3. The summed E-state index contributed by atoms with van der Waals surface area (Å²) in [5.41, 5.74) is 1.26. The number of amides is 3. The minimum atomic E-state index is -0.685. The van der Waals surface area contributed by atoms with E-state index in [0.717, 1.165) is 11.3 Å². The largest absolute Gasteiger partial charge is 0.422 e. The fourth-order valence-corrected chi connectivity index (χ4v) is 3.03. The van der Waals surface area contributed by atoms with Crippen molar-refractivity contribution in [2.24, 2.45) is 0 Å². The number of carbonyl (C=O) groups is 2. The Morgan fingerprint density at radius 2 is 1.93 bits per heavy atom. The molecule has 0 bridgehead atoms. The van der Waals surface area contributed by atoms with Gasteiger partial charge in [-0.25, -0.2) is 9.59 Å². The van der Waals surface area contributed by atoms with Gasteiger partial charge in [-0.15, -0.1) is 0 Å². The molecule has 1 aliphatic rings. The van der Waals surface area contributed by atoms with Gasteiger partial charge in [-0.2, -0.15) is 0 Å². The number of urea groups is 1. The molecule has 1 aliphatic heterocycles. The van der Waals surface area contributed by atoms with E-state index in [1.54, 1.807) is 29.2 Å². The van der Waals surface area contributed by atoms with E-state index in [0.29, 0.717) is 24.1 Å². The van der Waals surface area contributed by atoms with Crippen LogP contribution in [-0.2, 0) is 0 Å². The number of anilines is 1. The van der Waals surface area contributed by atoms with E-state index >= 15 is 0 Å². The molecule has 1 saturated heterocycles. The number of nitrogens with one attached hydrogen (secondary N) is 2. The lowest BCUT2D eigenvalue weighted by atomic mass is 10.2. The summed E-state index contributed by atoms with van der Waals surface area (Å²) in [5, 5.41) is 6.03. The number of carbonyl (C=O) groups excluding carboxylic acids is 2. The molecule has 2 N–H and O–H groups in total. The highest BCUT2D eigenvalue weighted by molar-refractivity contribution is 5.96. The SMILES string of the molecule is O=C(NCC#Cc1ccc(N2CCNC2=O)cc1)c1cc2ccccc2oc1=O. The van der Waals surface area contributed by atoms with Crippen LogP contribution in [0.2, 0.25) is 0 Å². The molecule has 29 heavy (non-hydrogen) atoms. The highest BCUT2D eigenvalue weighted by Gasteiger charge is 2.20. The van der Waals surface area contributed by atoms with Gasteiger partial charge in [0.05, 0.1) is 6.54 Å². The van der Waals surface area contributed by atoms with Gasteiger partial charge in [0.1, 0.15) is 11.1 Å². The van der Waals surface area contributed by atoms with Gasteiger partial charge in [-0.1, -0.05) is 30.0 Å². The number of nitrogens with zero attached hydrogens (tertiary/aromatic N) is 1. The Labute approximate surface area is 166 Å². The minimum Gasteiger partial charge on any atom is -0.422 e. The van der Waals surface area contributed by atoms with Crippen LogP contribution in [0.25, 0.3) is 11.0 Å². The lowest BCUT2D eigenvalue weighted by molar-refractivity contribution is 0.0955. The number of rotatable bonds is 3. The second-order valence-electron chi connectivity index (χ2n) is 6.40. The predicted molar refractivity (Wildman–Crippen MR) is 109 cm³/mol. The van der Waals surface area contributed by atoms with Gasteiger partial charge in [0.2, 0.25) is 0 Å². The molecule has 1 aromatic heterocycles. The van der Waals surface area contributed by atoms with Gasteiger partial charge >= 0.3 is 11.7 Å². The number of fused-ring (bicyclic) bond motifs is 1. The topological polar surface area (TPSA) is 91.7 Å². The highest BCUT2D eigenvalue weighted by Crippen LogP contribution is 2.17. The van der Waals surface area contributed by atoms with Crippen molar-refractivity contribution in [3.8, 4) is 11.8 Å². The molecule has 0 spiro atoms. The first-order chi connectivity index (χ1) is 14.1. The maximum absolute atomic E-state index is 12.3. The lowest BCUT2D eigenvalue weighted by Gasteiger charge is -2.13. The molecule has 0 unspecified atom stereocenters. The van der Waals surface area contributed by atoms with Gasteiger partial charge in [0.15, 0.2) is 0 Å². The van der Waals surface area contributed by atoms with E-state index in [1.807, 2.05) is 24.3 Å². The Kier molecular flexibility index (Phi) is 4.99. The van der Waals surface area contributed by atoms with Crippen molar-refractivity contribution < 1.29 is 14.0 Å². The van der Waals surface area contributed by atoms with Crippen LogP contribution < -0.4 is 21.2 Å². The van der Waals surface area contributed by atoms with E-state index in [-0.39, 0.29) is 18.1 Å². The molecular formula is C22H17N3O4. The van der Waals surface area contributed by atoms with Crippen LogP contribution in [0.15, 0.2) is 63.8 Å². The zero-order valence-electron chi connectivity index (χ0n) is 15.4. The van der Waals surface area contributed by atoms with Crippen LogP contribution in [0.3, 0.4) is 0 Å². The van der Waals surface area contributed by atoms with Crippen molar-refractivity contribution in [1.82, 2.24) is 10.6 Å². The lowest BCUT2D eigenvalue weighted by Crippen LogP contribution is -2.28. The van der Waals surface area contributed by atoms with Crippen LogP contribution in [0, 0.1) is 11.8 Å². The standard InChI is InChI=1S/C22H17N3O4/c26-20(18-14-16-5-1-2-6-19(16)29-21(18)27)23-11-3-4-15-7-9-17(10-8-15)25-13-12-24-22(25)28/h1-2,5-10,14H,11-13H2,(H,23,26)(H,24,28). The van der Waals surface area contributed by atoms with Crippen LogP contribution in [0.5, 0.6) is 0 Å². The normalized spacial score (nSPS) is 13.0. The predicted octanol–water partition coefficient (Wildman–Crippen LogP) is 2.10. The Morgan fingerprint density at radius 3 is 2.69 bits per heavy atom. The highest BCUT2D eigenvalue weighted by atomic mass is 16.4. The molecule has 2 heterocycles. The number of para-hydroxylation sites is 1. The summed E-state index contributed by atoms with van der Waals surface area (Å²) in [6.07, 6.45) is 0. The molecule has 7 nitrogen and oxygen atoms in total. The first-order valence-corrected chi connectivity index (χ1v) is 9.07. The van der Waals surface area contributed by atoms with Gasteiger partial charge in [0, 0.05) is 29.7 Å². The smallest absolute Gasteiger partial charge is 0.349 e. The molecule has 0 radical (unpaired) electrons. The van der Waals surface area contributed by atoms with Gasteiger partial charge in [-0.05, 0) is 36.4 Å². The molecule has 7 heteroatoms. The molecule has 1 fully saturated rings. The van der Waals surface area contributed by atoms with Crippen LogP contribution >= 0.6 is 0 Å². The van der Waals surface area contributed by atoms with Crippen LogP contribution in [0.1, 0.15) is 15.9 Å². The second kappa shape index (κ2) is 7.90. The summed E-state index contributed by atoms with van der Waals surface area (Å²) in [7, 11) is 0. The average Bonchev–Trinajstić information content (AvgIpc) is 3.17. The third-order valence-corrected chi connectivity index (χ3v) is 4.49. The molecule has 3 aromatic rings.